The molecule has 1 unspecified atom stereocenters. The molecule has 0 saturated heterocycles. The van der Waals surface area contributed by atoms with Crippen molar-refractivity contribution in [2.45, 2.75) is 132 Å². The smallest absolute Gasteiger partial charge is 0.252 e. The van der Waals surface area contributed by atoms with Crippen LogP contribution in [0.15, 0.2) is 23.9 Å². The normalized spacial score (nSPS) is 17.8. The molecule has 0 bridgehead atoms. The summed E-state index contributed by atoms with van der Waals surface area (Å²) >= 11 is 0. The second kappa shape index (κ2) is 21.0. The van der Waals surface area contributed by atoms with E-state index < -0.39 is 30.1 Å². The number of nitrogens with zero attached hydrogens (tertiary/aromatic N) is 1. The summed E-state index contributed by atoms with van der Waals surface area (Å²) in [5.41, 5.74) is 0.0123. The van der Waals surface area contributed by atoms with Crippen molar-refractivity contribution in [2.24, 2.45) is 17.3 Å². The monoisotopic (exact) mass is 691 g/mol. The minimum absolute atomic E-state index is 0.0947. The lowest BCUT2D eigenvalue weighted by Gasteiger charge is -2.34. The standard InChI is InChI=1S/C36H65N7O6/c1-12-15-29(42(11)35(48)28(21-36(8,9)10)40-31(44)25-16-18-43(49)19-17-25)33(46)39-26(20-23(4)5)22-38-27(13-2)32(45)41-30(24(6)7)34(47)37-14-3/h16-18,23-24,26-30,38,43H,12-15,19-22H2,1-11H3,(H,37,47)(H,39,46)(H,40,44)(H,41,45)/t26-,27-,28-,29-,30-/m0/s1. The number of rotatable bonds is 20. The third-order valence-corrected chi connectivity index (χ3v) is 8.37. The number of nitrogens with one attached hydrogen (secondary N) is 6. The van der Waals surface area contributed by atoms with Crippen molar-refractivity contribution >= 4 is 29.5 Å². The zero-order valence-electron chi connectivity index (χ0n) is 31.8. The van der Waals surface area contributed by atoms with Crippen molar-refractivity contribution in [1.29, 1.82) is 0 Å². The van der Waals surface area contributed by atoms with Gasteiger partial charge in [0.15, 0.2) is 0 Å². The predicted molar refractivity (Wildman–Crippen MR) is 193 cm³/mol. The van der Waals surface area contributed by atoms with E-state index in [-0.39, 0.29) is 58.5 Å². The molecule has 0 radical (unpaired) electrons. The number of amides is 5. The largest absolute Gasteiger partial charge is 0.629 e. The Labute approximate surface area is 294 Å². The predicted octanol–water partition coefficient (Wildman–Crippen LogP) is 1.55. The van der Waals surface area contributed by atoms with E-state index in [0.717, 1.165) is 0 Å². The number of carbonyl (C=O) groups is 5. The lowest BCUT2D eigenvalue weighted by atomic mass is 9.87. The minimum Gasteiger partial charge on any atom is -0.629 e. The lowest BCUT2D eigenvalue weighted by molar-refractivity contribution is -0.784. The van der Waals surface area contributed by atoms with Crippen LogP contribution in [0.2, 0.25) is 0 Å². The molecule has 0 aliphatic carbocycles. The molecule has 6 atom stereocenters. The highest BCUT2D eigenvalue weighted by molar-refractivity contribution is 5.99. The average Bonchev–Trinajstić information content (AvgIpc) is 3.00. The van der Waals surface area contributed by atoms with Crippen molar-refractivity contribution in [1.82, 2.24) is 31.5 Å². The van der Waals surface area contributed by atoms with Crippen LogP contribution in [0.4, 0.5) is 0 Å². The van der Waals surface area contributed by atoms with Gasteiger partial charge in [-0.25, -0.2) is 0 Å². The maximum Gasteiger partial charge on any atom is 0.252 e. The van der Waals surface area contributed by atoms with Crippen molar-refractivity contribution in [3.05, 3.63) is 29.1 Å². The van der Waals surface area contributed by atoms with E-state index >= 15 is 0 Å². The molecule has 1 heterocycles. The number of hydrogen-bond donors (Lipinski definition) is 6. The molecule has 1 rings (SSSR count). The maximum atomic E-state index is 14.0. The first-order chi connectivity index (χ1) is 22.8. The van der Waals surface area contributed by atoms with Crippen LogP contribution in [0.5, 0.6) is 0 Å². The molecule has 0 aromatic heterocycles. The van der Waals surface area contributed by atoms with Gasteiger partial charge in [-0.05, 0) is 55.9 Å². The molecule has 1 aliphatic heterocycles. The molecule has 13 nitrogen and oxygen atoms in total. The van der Waals surface area contributed by atoms with Gasteiger partial charge in [0.05, 0.1) is 12.2 Å². The van der Waals surface area contributed by atoms with Gasteiger partial charge in [0.2, 0.25) is 23.6 Å². The van der Waals surface area contributed by atoms with E-state index in [1.54, 1.807) is 13.1 Å². The first-order valence-corrected chi connectivity index (χ1v) is 17.9. The van der Waals surface area contributed by atoms with Crippen molar-refractivity contribution < 1.29 is 29.0 Å². The van der Waals surface area contributed by atoms with Gasteiger partial charge in [0.25, 0.3) is 5.91 Å². The van der Waals surface area contributed by atoms with Crippen LogP contribution in [0, 0.1) is 22.5 Å². The molecule has 0 aromatic rings. The van der Waals surface area contributed by atoms with E-state index in [1.807, 2.05) is 55.4 Å². The number of carbonyl (C=O) groups excluding carboxylic acids is 5. The Balaban J connectivity index is 3.13. The highest BCUT2D eigenvalue weighted by atomic mass is 16.5. The first-order valence-electron chi connectivity index (χ1n) is 17.9. The molecular formula is C36H65N7O6. The third kappa shape index (κ3) is 15.4. The van der Waals surface area contributed by atoms with Crippen LogP contribution < -0.4 is 31.6 Å². The molecule has 0 spiro atoms. The van der Waals surface area contributed by atoms with Gasteiger partial charge < -0.3 is 41.8 Å². The van der Waals surface area contributed by atoms with Gasteiger partial charge in [0, 0.05) is 37.8 Å². The molecular weight excluding hydrogens is 626 g/mol. The summed E-state index contributed by atoms with van der Waals surface area (Å²) in [5.74, 6) is -1.50. The Morgan fingerprint density at radius 3 is 2.08 bits per heavy atom. The number of hydrogen-bond acceptors (Lipinski definition) is 7. The molecule has 5 amide bonds. The summed E-state index contributed by atoms with van der Waals surface area (Å²) in [6, 6.07) is -3.25. The SMILES string of the molecule is CCC[C@@H](C(=O)N[C@H](CN[C@@H](CC)C(=O)N[C@H](C(=O)NCC)C(C)C)CC(C)C)N(C)C(=O)[C@H](CC(C)(C)C)NC(=O)C1=CC[NH+]([O-])C=C1. The van der Waals surface area contributed by atoms with Crippen molar-refractivity contribution in [3.8, 4) is 0 Å². The van der Waals surface area contributed by atoms with E-state index in [9.17, 15) is 29.2 Å². The summed E-state index contributed by atoms with van der Waals surface area (Å²) in [6.45, 7) is 20.4. The van der Waals surface area contributed by atoms with Gasteiger partial charge >= 0.3 is 0 Å². The highest BCUT2D eigenvalue weighted by Crippen LogP contribution is 2.23. The Kier molecular flexibility index (Phi) is 18.8. The van der Waals surface area contributed by atoms with Gasteiger partial charge in [-0.3, -0.25) is 24.0 Å². The Hall–Kier alpha value is -3.29. The van der Waals surface area contributed by atoms with Crippen LogP contribution in [0.25, 0.3) is 0 Å². The molecule has 280 valence electrons. The molecule has 49 heavy (non-hydrogen) atoms. The van der Waals surface area contributed by atoms with Gasteiger partial charge in [-0.1, -0.05) is 68.7 Å². The van der Waals surface area contributed by atoms with Gasteiger partial charge in [0.1, 0.15) is 24.7 Å². The van der Waals surface area contributed by atoms with Gasteiger partial charge in [-0.2, -0.15) is 0 Å². The summed E-state index contributed by atoms with van der Waals surface area (Å²) in [6.07, 6.45) is 6.88. The van der Waals surface area contributed by atoms with E-state index in [0.29, 0.717) is 50.8 Å². The highest BCUT2D eigenvalue weighted by Gasteiger charge is 2.35. The number of hydroxylamine groups is 2. The van der Waals surface area contributed by atoms with Crippen LogP contribution in [0.1, 0.15) is 101 Å². The maximum absolute atomic E-state index is 14.0. The van der Waals surface area contributed by atoms with Crippen LogP contribution in [-0.2, 0) is 24.0 Å². The molecule has 0 aromatic carbocycles. The second-order valence-corrected chi connectivity index (χ2v) is 15.0. The third-order valence-electron chi connectivity index (χ3n) is 8.37. The summed E-state index contributed by atoms with van der Waals surface area (Å²) < 4.78 is 0. The molecule has 6 N–H and O–H groups in total. The van der Waals surface area contributed by atoms with Gasteiger partial charge in [-0.15, -0.1) is 0 Å². The zero-order chi connectivity index (χ0) is 37.5. The summed E-state index contributed by atoms with van der Waals surface area (Å²) in [4.78, 5) is 68.2. The minimum atomic E-state index is -0.886. The van der Waals surface area contributed by atoms with Crippen molar-refractivity contribution in [2.75, 3.05) is 26.7 Å². The summed E-state index contributed by atoms with van der Waals surface area (Å²) in [5, 5.41) is 26.5. The van der Waals surface area contributed by atoms with Crippen LogP contribution in [-0.4, -0.2) is 91.3 Å². The molecule has 1 aliphatic rings. The fourth-order valence-corrected chi connectivity index (χ4v) is 5.76. The topological polar surface area (TPSA) is 176 Å². The number of likely N-dealkylation sites (N-methyl/N-ethyl adjacent to an activating group) is 2. The van der Waals surface area contributed by atoms with Crippen LogP contribution >= 0.6 is 0 Å². The molecule has 13 heteroatoms. The Bertz CT molecular complexity index is 1160. The van der Waals surface area contributed by atoms with Crippen LogP contribution in [0.3, 0.4) is 0 Å². The Morgan fingerprint density at radius 2 is 1.59 bits per heavy atom. The zero-order valence-corrected chi connectivity index (χ0v) is 31.8. The summed E-state index contributed by atoms with van der Waals surface area (Å²) in [7, 11) is 1.59. The fourth-order valence-electron chi connectivity index (χ4n) is 5.76. The quantitative estimate of drug-likeness (QED) is 0.105. The average molecular weight is 692 g/mol. The van der Waals surface area contributed by atoms with E-state index in [4.69, 9.17) is 0 Å². The Morgan fingerprint density at radius 1 is 0.939 bits per heavy atom. The van der Waals surface area contributed by atoms with E-state index in [2.05, 4.69) is 40.4 Å². The lowest BCUT2D eigenvalue weighted by Crippen LogP contribution is -3.02. The van der Waals surface area contributed by atoms with E-state index in [1.165, 1.54) is 17.2 Å². The molecule has 0 saturated carbocycles. The second-order valence-electron chi connectivity index (χ2n) is 15.0. The van der Waals surface area contributed by atoms with Crippen molar-refractivity contribution in [3.63, 3.8) is 0 Å². The first kappa shape index (κ1) is 43.7. The molecule has 0 fully saturated rings. The number of quaternary nitrogens is 1. The fraction of sp³-hybridized carbons (Fsp3) is 0.750.